The molecule has 0 radical (unpaired) electrons. The monoisotopic (exact) mass is 459 g/mol. The second-order valence-corrected chi connectivity index (χ2v) is 9.27. The summed E-state index contributed by atoms with van der Waals surface area (Å²) in [5.74, 6) is 0.694. The van der Waals surface area contributed by atoms with Crippen molar-refractivity contribution in [2.45, 2.75) is 43.8 Å². The molecule has 0 unspecified atom stereocenters. The number of carbonyl (C=O) groups is 1. The summed E-state index contributed by atoms with van der Waals surface area (Å²) >= 11 is 1.25. The van der Waals surface area contributed by atoms with Crippen molar-refractivity contribution in [1.29, 1.82) is 0 Å². The molecule has 2 aromatic heterocycles. The van der Waals surface area contributed by atoms with Gasteiger partial charge in [-0.1, -0.05) is 54.4 Å². The topological polar surface area (TPSA) is 81.8 Å². The Hall–Kier alpha value is -3.39. The van der Waals surface area contributed by atoms with Crippen molar-refractivity contribution in [3.05, 3.63) is 76.7 Å². The number of aryl methyl sites for hydroxylation is 1. The SMILES string of the molecule is Cc1ccc(-n2c(SCC(=O)Nc3ccnn3C3CCCC3)nc3ccccc3c2=O)cc1. The molecule has 1 aliphatic rings. The summed E-state index contributed by atoms with van der Waals surface area (Å²) in [6, 6.07) is 17.2. The van der Waals surface area contributed by atoms with Gasteiger partial charge in [0.1, 0.15) is 5.82 Å². The van der Waals surface area contributed by atoms with Crippen molar-refractivity contribution >= 4 is 34.4 Å². The summed E-state index contributed by atoms with van der Waals surface area (Å²) < 4.78 is 3.51. The average Bonchev–Trinajstić information content (AvgIpc) is 3.51. The molecule has 7 nitrogen and oxygen atoms in total. The number of para-hydroxylation sites is 1. The number of thioether (sulfide) groups is 1. The van der Waals surface area contributed by atoms with Crippen LogP contribution in [-0.2, 0) is 4.79 Å². The second-order valence-electron chi connectivity index (χ2n) is 8.32. The molecule has 4 aromatic rings. The number of fused-ring (bicyclic) bond motifs is 1. The average molecular weight is 460 g/mol. The van der Waals surface area contributed by atoms with E-state index in [2.05, 4.69) is 10.4 Å². The minimum Gasteiger partial charge on any atom is -0.310 e. The Morgan fingerprint density at radius 3 is 2.64 bits per heavy atom. The minimum atomic E-state index is -0.155. The zero-order valence-electron chi connectivity index (χ0n) is 18.4. The van der Waals surface area contributed by atoms with Crippen LogP contribution in [0.2, 0.25) is 0 Å². The van der Waals surface area contributed by atoms with E-state index in [1.807, 2.05) is 60.1 Å². The van der Waals surface area contributed by atoms with Gasteiger partial charge in [0.15, 0.2) is 5.16 Å². The predicted molar refractivity (Wildman–Crippen MR) is 131 cm³/mol. The van der Waals surface area contributed by atoms with Gasteiger partial charge in [0.25, 0.3) is 5.56 Å². The van der Waals surface area contributed by atoms with Crippen LogP contribution in [-0.4, -0.2) is 31.0 Å². The third-order valence-corrected chi connectivity index (χ3v) is 6.92. The Balaban J connectivity index is 1.41. The highest BCUT2D eigenvalue weighted by Gasteiger charge is 2.21. The zero-order chi connectivity index (χ0) is 22.8. The molecule has 0 atom stereocenters. The Labute approximate surface area is 195 Å². The van der Waals surface area contributed by atoms with Gasteiger partial charge in [-0.15, -0.1) is 0 Å². The van der Waals surface area contributed by atoms with Gasteiger partial charge in [0.05, 0.1) is 34.6 Å². The maximum atomic E-state index is 13.3. The first kappa shape index (κ1) is 21.5. The van der Waals surface area contributed by atoms with Crippen LogP contribution in [0.5, 0.6) is 0 Å². The van der Waals surface area contributed by atoms with E-state index in [-0.39, 0.29) is 17.2 Å². The van der Waals surface area contributed by atoms with Crippen molar-refractivity contribution in [2.75, 3.05) is 11.1 Å². The van der Waals surface area contributed by atoms with E-state index in [4.69, 9.17) is 4.98 Å². The first-order chi connectivity index (χ1) is 16.1. The number of nitrogens with one attached hydrogen (secondary N) is 1. The summed E-state index contributed by atoms with van der Waals surface area (Å²) in [6.45, 7) is 2.00. The summed E-state index contributed by atoms with van der Waals surface area (Å²) in [4.78, 5) is 30.8. The van der Waals surface area contributed by atoms with Gasteiger partial charge in [0.2, 0.25) is 5.91 Å². The van der Waals surface area contributed by atoms with E-state index in [1.165, 1.54) is 24.6 Å². The third-order valence-electron chi connectivity index (χ3n) is 5.98. The Morgan fingerprint density at radius 1 is 1.09 bits per heavy atom. The molecule has 0 saturated heterocycles. The molecule has 0 spiro atoms. The van der Waals surface area contributed by atoms with Crippen LogP contribution in [0.1, 0.15) is 37.3 Å². The number of aromatic nitrogens is 4. The van der Waals surface area contributed by atoms with E-state index >= 15 is 0 Å². The number of amides is 1. The van der Waals surface area contributed by atoms with Gasteiger partial charge in [0, 0.05) is 6.07 Å². The van der Waals surface area contributed by atoms with Crippen molar-refractivity contribution in [3.63, 3.8) is 0 Å². The van der Waals surface area contributed by atoms with Crippen molar-refractivity contribution in [1.82, 2.24) is 19.3 Å². The fraction of sp³-hybridized carbons (Fsp3) is 0.280. The van der Waals surface area contributed by atoms with Crippen LogP contribution in [0.25, 0.3) is 16.6 Å². The number of hydrogen-bond acceptors (Lipinski definition) is 5. The number of benzene rings is 2. The number of nitrogens with zero attached hydrogens (tertiary/aromatic N) is 4. The van der Waals surface area contributed by atoms with Crippen molar-refractivity contribution in [2.24, 2.45) is 0 Å². The molecule has 1 saturated carbocycles. The number of hydrogen-bond donors (Lipinski definition) is 1. The van der Waals surface area contributed by atoms with Crippen LogP contribution in [0.15, 0.2) is 70.7 Å². The molecule has 168 valence electrons. The number of anilines is 1. The van der Waals surface area contributed by atoms with Gasteiger partial charge >= 0.3 is 0 Å². The van der Waals surface area contributed by atoms with Gasteiger partial charge < -0.3 is 5.32 Å². The van der Waals surface area contributed by atoms with Gasteiger partial charge in [-0.3, -0.25) is 14.2 Å². The van der Waals surface area contributed by atoms with Crippen LogP contribution in [0.4, 0.5) is 5.82 Å². The smallest absolute Gasteiger partial charge is 0.266 e. The highest BCUT2D eigenvalue weighted by Crippen LogP contribution is 2.31. The predicted octanol–water partition coefficient (Wildman–Crippen LogP) is 4.74. The molecule has 2 aromatic carbocycles. The molecule has 8 heteroatoms. The molecular formula is C25H25N5O2S. The minimum absolute atomic E-state index is 0.131. The summed E-state index contributed by atoms with van der Waals surface area (Å²) in [5, 5.41) is 8.43. The van der Waals surface area contributed by atoms with Crippen molar-refractivity contribution in [3.8, 4) is 5.69 Å². The largest absolute Gasteiger partial charge is 0.310 e. The Kier molecular flexibility index (Phi) is 6.00. The van der Waals surface area contributed by atoms with E-state index in [1.54, 1.807) is 16.8 Å². The van der Waals surface area contributed by atoms with Crippen LogP contribution in [0.3, 0.4) is 0 Å². The summed E-state index contributed by atoms with van der Waals surface area (Å²) in [7, 11) is 0. The van der Waals surface area contributed by atoms with Gasteiger partial charge in [-0.2, -0.15) is 5.10 Å². The van der Waals surface area contributed by atoms with Gasteiger partial charge in [-0.05, 0) is 44.0 Å². The lowest BCUT2D eigenvalue weighted by molar-refractivity contribution is -0.113. The lowest BCUT2D eigenvalue weighted by atomic mass is 10.2. The molecule has 2 heterocycles. The van der Waals surface area contributed by atoms with Crippen molar-refractivity contribution < 1.29 is 4.79 Å². The first-order valence-corrected chi connectivity index (χ1v) is 12.1. The first-order valence-electron chi connectivity index (χ1n) is 11.1. The number of carbonyl (C=O) groups excluding carboxylic acids is 1. The molecule has 0 aliphatic heterocycles. The summed E-state index contributed by atoms with van der Waals surface area (Å²) in [5.41, 5.74) is 2.30. The molecule has 1 fully saturated rings. The molecule has 1 aliphatic carbocycles. The summed E-state index contributed by atoms with van der Waals surface area (Å²) in [6.07, 6.45) is 6.28. The van der Waals surface area contributed by atoms with E-state index in [0.29, 0.717) is 22.1 Å². The fourth-order valence-corrected chi connectivity index (χ4v) is 5.11. The standard InChI is InChI=1S/C25H25N5O2S/c1-17-10-12-18(13-11-17)29-24(32)20-8-4-5-9-21(20)27-25(29)33-16-23(31)28-22-14-15-26-30(22)19-6-2-3-7-19/h4-5,8-15,19H,2-3,6-7,16H2,1H3,(H,28,31). The lowest BCUT2D eigenvalue weighted by Crippen LogP contribution is -2.23. The maximum absolute atomic E-state index is 13.3. The zero-order valence-corrected chi connectivity index (χ0v) is 19.2. The highest BCUT2D eigenvalue weighted by atomic mass is 32.2. The van der Waals surface area contributed by atoms with Gasteiger partial charge in [-0.25, -0.2) is 9.67 Å². The molecule has 1 amide bonds. The maximum Gasteiger partial charge on any atom is 0.266 e. The van der Waals surface area contributed by atoms with E-state index in [0.717, 1.165) is 29.9 Å². The normalized spacial score (nSPS) is 14.1. The van der Waals surface area contributed by atoms with Crippen LogP contribution >= 0.6 is 11.8 Å². The van der Waals surface area contributed by atoms with E-state index in [9.17, 15) is 9.59 Å². The quantitative estimate of drug-likeness (QED) is 0.333. The lowest BCUT2D eigenvalue weighted by Gasteiger charge is -2.15. The third kappa shape index (κ3) is 4.43. The fourth-order valence-electron chi connectivity index (χ4n) is 4.29. The molecule has 5 rings (SSSR count). The second kappa shape index (κ2) is 9.23. The van der Waals surface area contributed by atoms with E-state index < -0.39 is 0 Å². The number of rotatable bonds is 6. The molecule has 1 N–H and O–H groups in total. The molecular weight excluding hydrogens is 434 g/mol. The molecule has 33 heavy (non-hydrogen) atoms. The Bertz CT molecular complexity index is 1350. The molecule has 0 bridgehead atoms. The van der Waals surface area contributed by atoms with Crippen LogP contribution < -0.4 is 10.9 Å². The Morgan fingerprint density at radius 2 is 1.85 bits per heavy atom. The van der Waals surface area contributed by atoms with Crippen LogP contribution in [0, 0.1) is 6.92 Å². The highest BCUT2D eigenvalue weighted by molar-refractivity contribution is 7.99.